The summed E-state index contributed by atoms with van der Waals surface area (Å²) < 4.78 is 0. The van der Waals surface area contributed by atoms with Crippen molar-refractivity contribution in [2.24, 2.45) is 0 Å². The molecule has 0 atom stereocenters. The molecule has 0 saturated carbocycles. The minimum Gasteiger partial charge on any atom is -0.400 e. The van der Waals surface area contributed by atoms with Gasteiger partial charge >= 0.3 is 0 Å². The fraction of sp³-hybridized carbons (Fsp3) is 0.750. The largest absolute Gasteiger partial charge is 0.400 e. The topological polar surface area (TPSA) is 23.5 Å². The summed E-state index contributed by atoms with van der Waals surface area (Å²) in [5, 5.41) is 7.00. The fourth-order valence-electron chi connectivity index (χ4n) is 0.875. The molecule has 60 valence electrons. The van der Waals surface area contributed by atoms with E-state index in [9.17, 15) is 0 Å². The summed E-state index contributed by atoms with van der Waals surface area (Å²) in [6.45, 7) is 2.64. The Morgan fingerprint density at radius 3 is 1.50 bits per heavy atom. The molecule has 0 aliphatic carbocycles. The molecular formula is C8H17NO. The molecule has 0 spiro atoms. The molecule has 1 saturated heterocycles. The zero-order valence-electron chi connectivity index (χ0n) is 6.88. The molecule has 2 heteroatoms. The van der Waals surface area contributed by atoms with Crippen molar-refractivity contribution in [3.05, 3.63) is 0 Å². The predicted molar refractivity (Wildman–Crippen MR) is 44.8 cm³/mol. The Labute approximate surface area is 63.9 Å². The van der Waals surface area contributed by atoms with E-state index in [1.54, 1.807) is 0 Å². The summed E-state index contributed by atoms with van der Waals surface area (Å²) in [6.07, 6.45) is 10.8. The van der Waals surface area contributed by atoms with E-state index in [0.29, 0.717) is 0 Å². The zero-order valence-corrected chi connectivity index (χ0v) is 6.88. The second-order valence-electron chi connectivity index (χ2n) is 2.01. The van der Waals surface area contributed by atoms with Crippen molar-refractivity contribution in [1.82, 2.24) is 4.90 Å². The molecule has 0 amide bonds. The molecule has 1 aliphatic heterocycles. The monoisotopic (exact) mass is 143 g/mol. The number of rotatable bonds is 0. The minimum atomic E-state index is 1.00. The summed E-state index contributed by atoms with van der Waals surface area (Å²) in [6, 6.07) is 0. The van der Waals surface area contributed by atoms with E-state index in [2.05, 4.69) is 24.8 Å². The van der Waals surface area contributed by atoms with Gasteiger partial charge in [0.05, 0.1) is 0 Å². The maximum Gasteiger partial charge on any atom is 0.0319 e. The number of terminal acetylenes is 1. The van der Waals surface area contributed by atoms with Gasteiger partial charge in [-0.05, 0) is 33.0 Å². The first-order valence-electron chi connectivity index (χ1n) is 3.36. The summed E-state index contributed by atoms with van der Waals surface area (Å²) in [7, 11) is 3.17. The van der Waals surface area contributed by atoms with Gasteiger partial charge < -0.3 is 10.0 Å². The smallest absolute Gasteiger partial charge is 0.0319 e. The lowest BCUT2D eigenvalue weighted by molar-refractivity contribution is 0.399. The highest BCUT2D eigenvalue weighted by molar-refractivity contribution is 4.59. The van der Waals surface area contributed by atoms with Crippen LogP contribution in [0.1, 0.15) is 12.8 Å². The van der Waals surface area contributed by atoms with Crippen molar-refractivity contribution in [2.45, 2.75) is 12.8 Å². The van der Waals surface area contributed by atoms with Gasteiger partial charge in [-0.3, -0.25) is 0 Å². The van der Waals surface area contributed by atoms with Gasteiger partial charge in [0, 0.05) is 7.11 Å². The highest BCUT2D eigenvalue weighted by Gasteiger charge is 2.03. The van der Waals surface area contributed by atoms with Crippen molar-refractivity contribution in [1.29, 1.82) is 0 Å². The van der Waals surface area contributed by atoms with E-state index < -0.39 is 0 Å². The molecule has 1 aliphatic rings. The van der Waals surface area contributed by atoms with E-state index in [1.807, 2.05) is 0 Å². The predicted octanol–water partition coefficient (Wildman–Crippen LogP) is 0.570. The van der Waals surface area contributed by atoms with Gasteiger partial charge in [-0.2, -0.15) is 0 Å². The van der Waals surface area contributed by atoms with Gasteiger partial charge in [0.15, 0.2) is 0 Å². The van der Waals surface area contributed by atoms with Crippen LogP contribution < -0.4 is 0 Å². The number of hydrogen-bond donors (Lipinski definition) is 1. The average molecular weight is 143 g/mol. The van der Waals surface area contributed by atoms with Crippen molar-refractivity contribution < 1.29 is 5.11 Å². The van der Waals surface area contributed by atoms with Gasteiger partial charge in [-0.15, -0.1) is 12.8 Å². The number of likely N-dealkylation sites (tertiary alicyclic amines) is 1. The van der Waals surface area contributed by atoms with E-state index in [4.69, 9.17) is 5.11 Å². The Balaban J connectivity index is 0. The number of hydrogen-bond acceptors (Lipinski definition) is 2. The Kier molecular flexibility index (Phi) is 13.8. The lowest BCUT2D eigenvalue weighted by Gasteiger charge is -2.01. The quantitative estimate of drug-likeness (QED) is 0.501. The van der Waals surface area contributed by atoms with Crippen LogP contribution in [0.3, 0.4) is 0 Å². The second kappa shape index (κ2) is 11.3. The standard InChI is InChI=1S/C5H11N.C2H2.CH4O/c1-6-4-2-3-5-6;2*1-2/h2-5H2,1H3;1-2H;2H,1H3. The lowest BCUT2D eigenvalue weighted by atomic mass is 10.4. The third-order valence-corrected chi connectivity index (χ3v) is 1.33. The first-order valence-corrected chi connectivity index (χ1v) is 3.36. The first kappa shape index (κ1) is 12.2. The van der Waals surface area contributed by atoms with E-state index in [-0.39, 0.29) is 0 Å². The van der Waals surface area contributed by atoms with E-state index in [0.717, 1.165) is 7.11 Å². The SMILES string of the molecule is C#C.CN1CCCC1.CO. The zero-order chi connectivity index (χ0) is 8.41. The molecule has 0 radical (unpaired) electrons. The van der Waals surface area contributed by atoms with Crippen LogP contribution in [-0.4, -0.2) is 37.3 Å². The number of aliphatic hydroxyl groups excluding tert-OH is 1. The Hall–Kier alpha value is -0.520. The van der Waals surface area contributed by atoms with E-state index in [1.165, 1.54) is 25.9 Å². The summed E-state index contributed by atoms with van der Waals surface area (Å²) in [5.74, 6) is 0. The van der Waals surface area contributed by atoms with Crippen LogP contribution in [0.25, 0.3) is 0 Å². The lowest BCUT2D eigenvalue weighted by Crippen LogP contribution is -2.10. The summed E-state index contributed by atoms with van der Waals surface area (Å²) in [5.41, 5.74) is 0. The Morgan fingerprint density at radius 2 is 1.40 bits per heavy atom. The summed E-state index contributed by atoms with van der Waals surface area (Å²) in [4.78, 5) is 2.36. The van der Waals surface area contributed by atoms with Gasteiger partial charge in [0.25, 0.3) is 0 Å². The molecule has 0 bridgehead atoms. The average Bonchev–Trinajstić information content (AvgIpc) is 2.48. The van der Waals surface area contributed by atoms with Gasteiger partial charge in [0.2, 0.25) is 0 Å². The molecular weight excluding hydrogens is 126 g/mol. The van der Waals surface area contributed by atoms with Crippen molar-refractivity contribution >= 4 is 0 Å². The number of aliphatic hydroxyl groups is 1. The van der Waals surface area contributed by atoms with Crippen molar-refractivity contribution in [3.8, 4) is 12.8 Å². The summed E-state index contributed by atoms with van der Waals surface area (Å²) >= 11 is 0. The van der Waals surface area contributed by atoms with Gasteiger partial charge in [0.1, 0.15) is 0 Å². The third kappa shape index (κ3) is 7.48. The fourth-order valence-corrected chi connectivity index (χ4v) is 0.875. The van der Waals surface area contributed by atoms with Crippen LogP contribution in [0.15, 0.2) is 0 Å². The highest BCUT2D eigenvalue weighted by Crippen LogP contribution is 2.01. The molecule has 1 fully saturated rings. The molecule has 0 aromatic rings. The minimum absolute atomic E-state index is 1.00. The molecule has 2 nitrogen and oxygen atoms in total. The molecule has 10 heavy (non-hydrogen) atoms. The highest BCUT2D eigenvalue weighted by atomic mass is 16.2. The van der Waals surface area contributed by atoms with Crippen molar-refractivity contribution in [2.75, 3.05) is 27.2 Å². The van der Waals surface area contributed by atoms with Crippen LogP contribution in [0.5, 0.6) is 0 Å². The molecule has 1 rings (SSSR count). The second-order valence-corrected chi connectivity index (χ2v) is 2.01. The van der Waals surface area contributed by atoms with E-state index >= 15 is 0 Å². The third-order valence-electron chi connectivity index (χ3n) is 1.33. The van der Waals surface area contributed by atoms with Gasteiger partial charge in [-0.25, -0.2) is 0 Å². The Morgan fingerprint density at radius 1 is 1.10 bits per heavy atom. The molecule has 0 aromatic heterocycles. The van der Waals surface area contributed by atoms with Gasteiger partial charge in [-0.1, -0.05) is 0 Å². The van der Waals surface area contributed by atoms with Crippen LogP contribution in [0, 0.1) is 12.8 Å². The molecule has 1 N–H and O–H groups in total. The molecule has 0 aromatic carbocycles. The normalized spacial score (nSPS) is 16.1. The number of nitrogens with zero attached hydrogens (tertiary/aromatic N) is 1. The maximum absolute atomic E-state index is 7.00. The first-order chi connectivity index (χ1) is 4.89. The maximum atomic E-state index is 7.00. The Bertz CT molecular complexity index is 64.9. The molecule has 0 unspecified atom stereocenters. The van der Waals surface area contributed by atoms with Crippen LogP contribution in [-0.2, 0) is 0 Å². The van der Waals surface area contributed by atoms with Crippen molar-refractivity contribution in [3.63, 3.8) is 0 Å². The van der Waals surface area contributed by atoms with Crippen LogP contribution in [0.2, 0.25) is 0 Å². The van der Waals surface area contributed by atoms with Crippen LogP contribution in [0.4, 0.5) is 0 Å². The van der Waals surface area contributed by atoms with Crippen LogP contribution >= 0.6 is 0 Å². The molecule has 1 heterocycles.